The fourth-order valence-corrected chi connectivity index (χ4v) is 2.79. The zero-order valence-corrected chi connectivity index (χ0v) is 10.0. The molecule has 2 rings (SSSR count). The largest absolute Gasteiger partial charge is 0.377 e. The molecule has 1 N–H and O–H groups in total. The summed E-state index contributed by atoms with van der Waals surface area (Å²) in [5, 5.41) is 3.40. The van der Waals surface area contributed by atoms with E-state index in [2.05, 4.69) is 12.4 Å². The van der Waals surface area contributed by atoms with Crippen molar-refractivity contribution in [3.05, 3.63) is 0 Å². The maximum atomic E-state index is 6.03. The van der Waals surface area contributed by atoms with Gasteiger partial charge in [0.2, 0.25) is 0 Å². The zero-order chi connectivity index (χ0) is 10.5. The van der Waals surface area contributed by atoms with Crippen LogP contribution >= 0.6 is 0 Å². The van der Waals surface area contributed by atoms with E-state index in [-0.39, 0.29) is 0 Å². The highest BCUT2D eigenvalue weighted by molar-refractivity contribution is 4.80. The number of hydrogen-bond acceptors (Lipinski definition) is 2. The predicted octanol–water partition coefficient (Wildman–Crippen LogP) is 2.72. The number of likely N-dealkylation sites (N-methyl/N-ethyl adjacent to an activating group) is 1. The molecule has 0 amide bonds. The molecule has 2 aliphatic carbocycles. The number of nitrogens with one attached hydrogen (secondary N) is 1. The van der Waals surface area contributed by atoms with Crippen molar-refractivity contribution < 1.29 is 4.74 Å². The van der Waals surface area contributed by atoms with E-state index in [1.54, 1.807) is 0 Å². The first-order chi connectivity index (χ1) is 7.40. The molecule has 0 aromatic rings. The molecule has 0 bridgehead atoms. The topological polar surface area (TPSA) is 21.3 Å². The first-order valence-corrected chi connectivity index (χ1v) is 6.69. The molecule has 15 heavy (non-hydrogen) atoms. The van der Waals surface area contributed by atoms with Crippen LogP contribution in [-0.4, -0.2) is 25.8 Å². The van der Waals surface area contributed by atoms with Crippen molar-refractivity contribution in [3.63, 3.8) is 0 Å². The Balaban J connectivity index is 1.62. The zero-order valence-electron chi connectivity index (χ0n) is 10.0. The third-order valence-electron chi connectivity index (χ3n) is 4.16. The SMILES string of the molecule is CNC1CCCCC1OCCC1CCC1. The van der Waals surface area contributed by atoms with E-state index < -0.39 is 0 Å². The second kappa shape index (κ2) is 5.86. The quantitative estimate of drug-likeness (QED) is 0.755. The van der Waals surface area contributed by atoms with Gasteiger partial charge in [0.05, 0.1) is 6.10 Å². The van der Waals surface area contributed by atoms with E-state index in [1.807, 2.05) is 0 Å². The third-order valence-corrected chi connectivity index (χ3v) is 4.16. The van der Waals surface area contributed by atoms with Crippen molar-refractivity contribution >= 4 is 0 Å². The van der Waals surface area contributed by atoms with Gasteiger partial charge >= 0.3 is 0 Å². The molecule has 2 aliphatic rings. The van der Waals surface area contributed by atoms with Gasteiger partial charge in [0, 0.05) is 12.6 Å². The Hall–Kier alpha value is -0.0800. The molecule has 2 heteroatoms. The molecule has 0 radical (unpaired) electrons. The van der Waals surface area contributed by atoms with Gasteiger partial charge in [-0.3, -0.25) is 0 Å². The van der Waals surface area contributed by atoms with Gasteiger partial charge in [0.15, 0.2) is 0 Å². The maximum Gasteiger partial charge on any atom is 0.0727 e. The molecule has 0 saturated heterocycles. The minimum Gasteiger partial charge on any atom is -0.377 e. The summed E-state index contributed by atoms with van der Waals surface area (Å²) in [7, 11) is 2.07. The molecular formula is C13H25NO. The molecule has 0 heterocycles. The normalized spacial score (nSPS) is 32.6. The van der Waals surface area contributed by atoms with Crippen LogP contribution in [0.15, 0.2) is 0 Å². The fraction of sp³-hybridized carbons (Fsp3) is 1.00. The second-order valence-corrected chi connectivity index (χ2v) is 5.17. The van der Waals surface area contributed by atoms with E-state index in [4.69, 9.17) is 4.74 Å². The minimum atomic E-state index is 0.490. The third kappa shape index (κ3) is 3.18. The molecule has 2 nitrogen and oxygen atoms in total. The van der Waals surface area contributed by atoms with Crippen LogP contribution in [0.25, 0.3) is 0 Å². The van der Waals surface area contributed by atoms with Crippen molar-refractivity contribution in [2.45, 2.75) is 63.5 Å². The Morgan fingerprint density at radius 1 is 1.07 bits per heavy atom. The average Bonchev–Trinajstić information content (AvgIpc) is 2.22. The van der Waals surface area contributed by atoms with E-state index in [9.17, 15) is 0 Å². The van der Waals surface area contributed by atoms with Crippen LogP contribution in [0.2, 0.25) is 0 Å². The van der Waals surface area contributed by atoms with Crippen LogP contribution in [0.4, 0.5) is 0 Å². The lowest BCUT2D eigenvalue weighted by Crippen LogP contribution is -2.42. The molecule has 0 aliphatic heterocycles. The van der Waals surface area contributed by atoms with Crippen LogP contribution in [0.3, 0.4) is 0 Å². The molecule has 2 atom stereocenters. The number of ether oxygens (including phenoxy) is 1. The summed E-state index contributed by atoms with van der Waals surface area (Å²) >= 11 is 0. The molecule has 0 aromatic heterocycles. The van der Waals surface area contributed by atoms with Crippen LogP contribution in [-0.2, 0) is 4.74 Å². The van der Waals surface area contributed by atoms with E-state index in [0.29, 0.717) is 12.1 Å². The maximum absolute atomic E-state index is 6.03. The van der Waals surface area contributed by atoms with Gasteiger partial charge in [-0.15, -0.1) is 0 Å². The number of rotatable bonds is 5. The summed E-state index contributed by atoms with van der Waals surface area (Å²) in [4.78, 5) is 0. The Labute approximate surface area is 93.8 Å². The summed E-state index contributed by atoms with van der Waals surface area (Å²) in [5.41, 5.74) is 0. The molecule has 0 aromatic carbocycles. The smallest absolute Gasteiger partial charge is 0.0727 e. The fourth-order valence-electron chi connectivity index (χ4n) is 2.79. The van der Waals surface area contributed by atoms with Gasteiger partial charge in [-0.2, -0.15) is 0 Å². The van der Waals surface area contributed by atoms with E-state index in [1.165, 1.54) is 51.4 Å². The van der Waals surface area contributed by atoms with E-state index >= 15 is 0 Å². The Morgan fingerprint density at radius 2 is 1.87 bits per heavy atom. The first-order valence-electron chi connectivity index (χ1n) is 6.69. The van der Waals surface area contributed by atoms with Crippen LogP contribution in [0.5, 0.6) is 0 Å². The van der Waals surface area contributed by atoms with Crippen molar-refractivity contribution in [2.24, 2.45) is 5.92 Å². The first kappa shape index (κ1) is 11.4. The Kier molecular flexibility index (Phi) is 4.45. The van der Waals surface area contributed by atoms with Crippen LogP contribution < -0.4 is 5.32 Å². The highest BCUT2D eigenvalue weighted by Crippen LogP contribution is 2.30. The molecule has 2 unspecified atom stereocenters. The van der Waals surface area contributed by atoms with Gasteiger partial charge in [0.1, 0.15) is 0 Å². The van der Waals surface area contributed by atoms with Gasteiger partial charge in [-0.1, -0.05) is 32.1 Å². The van der Waals surface area contributed by atoms with Gasteiger partial charge in [-0.25, -0.2) is 0 Å². The highest BCUT2D eigenvalue weighted by Gasteiger charge is 2.25. The molecular weight excluding hydrogens is 186 g/mol. The van der Waals surface area contributed by atoms with Crippen molar-refractivity contribution in [2.75, 3.05) is 13.7 Å². The summed E-state index contributed by atoms with van der Waals surface area (Å²) in [6.07, 6.45) is 11.4. The van der Waals surface area contributed by atoms with Gasteiger partial charge in [-0.05, 0) is 32.2 Å². The summed E-state index contributed by atoms with van der Waals surface area (Å²) in [5.74, 6) is 0.988. The minimum absolute atomic E-state index is 0.490. The van der Waals surface area contributed by atoms with Crippen LogP contribution in [0.1, 0.15) is 51.4 Å². The van der Waals surface area contributed by atoms with Crippen molar-refractivity contribution in [3.8, 4) is 0 Å². The highest BCUT2D eigenvalue weighted by atomic mass is 16.5. The lowest BCUT2D eigenvalue weighted by Gasteiger charge is -2.32. The van der Waals surface area contributed by atoms with Crippen molar-refractivity contribution in [1.29, 1.82) is 0 Å². The monoisotopic (exact) mass is 211 g/mol. The van der Waals surface area contributed by atoms with Crippen LogP contribution in [0, 0.1) is 5.92 Å². The standard InChI is InChI=1S/C13H25NO/c1-14-12-7-2-3-8-13(12)15-10-9-11-5-4-6-11/h11-14H,2-10H2,1H3. The second-order valence-electron chi connectivity index (χ2n) is 5.17. The van der Waals surface area contributed by atoms with Gasteiger partial charge in [0.25, 0.3) is 0 Å². The lowest BCUT2D eigenvalue weighted by atomic mass is 9.83. The molecule has 88 valence electrons. The Bertz CT molecular complexity index is 179. The van der Waals surface area contributed by atoms with E-state index in [0.717, 1.165) is 12.5 Å². The Morgan fingerprint density at radius 3 is 2.53 bits per heavy atom. The summed E-state index contributed by atoms with van der Waals surface area (Å²) in [6, 6.07) is 0.611. The summed E-state index contributed by atoms with van der Waals surface area (Å²) in [6.45, 7) is 0.994. The molecule has 2 saturated carbocycles. The predicted molar refractivity (Wildman–Crippen MR) is 63.0 cm³/mol. The summed E-state index contributed by atoms with van der Waals surface area (Å²) < 4.78 is 6.03. The molecule has 0 spiro atoms. The average molecular weight is 211 g/mol. The lowest BCUT2D eigenvalue weighted by molar-refractivity contribution is -0.00283. The van der Waals surface area contributed by atoms with Gasteiger partial charge < -0.3 is 10.1 Å². The number of hydrogen-bond donors (Lipinski definition) is 1. The molecule has 2 fully saturated rings. The van der Waals surface area contributed by atoms with Crippen molar-refractivity contribution in [1.82, 2.24) is 5.32 Å².